The zero-order valence-electron chi connectivity index (χ0n) is 39.7. The van der Waals surface area contributed by atoms with Crippen molar-refractivity contribution in [1.29, 1.82) is 0 Å². The number of hydrogen-bond donors (Lipinski definition) is 0. The van der Waals surface area contributed by atoms with Crippen LogP contribution in [0.5, 0.6) is 0 Å². The second-order valence-electron chi connectivity index (χ2n) is 24.9. The third-order valence-corrected chi connectivity index (χ3v) is 24.9. The van der Waals surface area contributed by atoms with Gasteiger partial charge in [-0.2, -0.15) is 0 Å². The maximum Gasteiger partial charge on any atom is 0.0114 e. The third-order valence-electron chi connectivity index (χ3n) is 22.1. The van der Waals surface area contributed by atoms with E-state index in [1.807, 2.05) is 30.6 Å². The molecule has 0 bridgehead atoms. The summed E-state index contributed by atoms with van der Waals surface area (Å²) in [5, 5.41) is 0. The van der Waals surface area contributed by atoms with Gasteiger partial charge in [-0.05, 0) is 221 Å². The van der Waals surface area contributed by atoms with Crippen molar-refractivity contribution in [3.8, 4) is 0 Å². The Morgan fingerprint density at radius 3 is 0.790 bits per heavy atom. The van der Waals surface area contributed by atoms with Crippen LogP contribution in [-0.2, 0) is 0 Å². The fraction of sp³-hybridized carbons (Fsp3) is 0.867. The fourth-order valence-electron chi connectivity index (χ4n) is 19.7. The lowest BCUT2D eigenvalue weighted by molar-refractivity contribution is -0.134. The van der Waals surface area contributed by atoms with E-state index in [2.05, 4.69) is 34.8 Å². The maximum absolute atomic E-state index is 3.01. The molecule has 0 radical (unpaired) electrons. The van der Waals surface area contributed by atoms with Crippen LogP contribution in [0.4, 0.5) is 0 Å². The molecule has 0 spiro atoms. The van der Waals surface area contributed by atoms with E-state index in [4.69, 9.17) is 0 Å². The lowest BCUT2D eigenvalue weighted by Crippen LogP contribution is -2.57. The summed E-state index contributed by atoms with van der Waals surface area (Å²) < 4.78 is 0. The smallest absolute Gasteiger partial charge is 0.0114 e. The van der Waals surface area contributed by atoms with Crippen molar-refractivity contribution in [3.05, 3.63) is 42.8 Å². The summed E-state index contributed by atoms with van der Waals surface area (Å²) in [6.07, 6.45) is 54.9. The summed E-state index contributed by atoms with van der Waals surface area (Å²) >= 11 is 4.95. The number of fused-ring (bicyclic) bond motifs is 4. The van der Waals surface area contributed by atoms with Crippen LogP contribution < -0.4 is 0 Å². The summed E-state index contributed by atoms with van der Waals surface area (Å²) in [7, 11) is 0. The van der Waals surface area contributed by atoms with Gasteiger partial charge in [0.2, 0.25) is 0 Å². The zero-order valence-corrected chi connectivity index (χ0v) is 41.3. The van der Waals surface area contributed by atoms with Gasteiger partial charge in [0.25, 0.3) is 0 Å². The molecule has 0 aliphatic heterocycles. The van der Waals surface area contributed by atoms with E-state index in [1.54, 1.807) is 77.0 Å². The van der Waals surface area contributed by atoms with Crippen molar-refractivity contribution in [1.82, 2.24) is 0 Å². The molecule has 0 saturated heterocycles. The molecule has 0 N–H and O–H groups in total. The summed E-state index contributed by atoms with van der Waals surface area (Å²) in [5.74, 6) is 15.5. The van der Waals surface area contributed by atoms with Gasteiger partial charge in [0.15, 0.2) is 0 Å². The predicted octanol–water partition coefficient (Wildman–Crippen LogP) is 19.4. The van der Waals surface area contributed by atoms with Crippen molar-refractivity contribution in [2.75, 3.05) is 0 Å². The monoisotopic (exact) mass is 875 g/mol. The Morgan fingerprint density at radius 2 is 0.500 bits per heavy atom. The number of thiophene rings is 2. The Labute approximate surface area is 389 Å². The molecule has 8 atom stereocenters. The van der Waals surface area contributed by atoms with E-state index in [0.717, 1.165) is 94.7 Å². The van der Waals surface area contributed by atoms with Crippen LogP contribution in [0.1, 0.15) is 297 Å². The van der Waals surface area contributed by atoms with Crippen molar-refractivity contribution >= 4 is 22.7 Å². The van der Waals surface area contributed by atoms with Crippen LogP contribution in [0, 0.1) is 59.2 Å². The maximum atomic E-state index is 3.01. The average molecular weight is 876 g/mol. The molecule has 0 amide bonds. The lowest BCUT2D eigenvalue weighted by Gasteiger charge is -2.64. The Bertz CT molecular complexity index is 1510. The van der Waals surface area contributed by atoms with E-state index in [1.165, 1.54) is 154 Å². The average Bonchev–Trinajstić information content (AvgIpc) is 4.00. The second kappa shape index (κ2) is 19.2. The molecule has 10 aliphatic carbocycles. The van der Waals surface area contributed by atoms with Crippen molar-refractivity contribution in [2.24, 2.45) is 59.2 Å². The number of hydrogen-bond acceptors (Lipinski definition) is 2. The topological polar surface area (TPSA) is 0 Å². The van der Waals surface area contributed by atoms with Crippen LogP contribution in [-0.4, -0.2) is 0 Å². The molecule has 2 heteroatoms. The van der Waals surface area contributed by atoms with Gasteiger partial charge in [0.05, 0.1) is 0 Å². The molecule has 10 saturated carbocycles. The molecule has 2 aromatic rings. The van der Waals surface area contributed by atoms with E-state index in [0.29, 0.717) is 0 Å². The summed E-state index contributed by atoms with van der Waals surface area (Å²) in [5.41, 5.74) is 3.86. The van der Waals surface area contributed by atoms with E-state index < -0.39 is 0 Å². The van der Waals surface area contributed by atoms with Crippen LogP contribution >= 0.6 is 22.7 Å². The highest BCUT2D eigenvalue weighted by atomic mass is 32.1. The highest BCUT2D eigenvalue weighted by molar-refractivity contribution is 7.12. The van der Waals surface area contributed by atoms with Crippen LogP contribution in [0.2, 0.25) is 0 Å². The van der Waals surface area contributed by atoms with Gasteiger partial charge < -0.3 is 0 Å². The Balaban J connectivity index is 0.915. The first kappa shape index (κ1) is 42.7. The number of rotatable bonds is 7. The molecule has 2 heterocycles. The van der Waals surface area contributed by atoms with Crippen molar-refractivity contribution in [3.63, 3.8) is 0 Å². The van der Waals surface area contributed by atoms with Gasteiger partial charge in [0, 0.05) is 19.5 Å². The second-order valence-corrected chi connectivity index (χ2v) is 27.2. The molecule has 0 nitrogen and oxygen atoms in total. The van der Waals surface area contributed by atoms with Gasteiger partial charge in [0.1, 0.15) is 0 Å². The standard InChI is InChI=1S/C60H90S2/c1-5-21-39(22-6-1)51-37-53(61-59(51)41-25-9-3-10-26-41)55-43-29-13-17-33-47(43)57(48-34-18-14-30-44(48)55)58-49-35-19-15-31-45(49)56(46-32-16-20-36-50(46)58)54-38-52(40-23-7-2-8-24-40)60(62-54)42-27-11-4-12-28-42/h37-50,55-58H,1-36H2. The Hall–Kier alpha value is -0.600. The van der Waals surface area contributed by atoms with E-state index in [9.17, 15) is 0 Å². The van der Waals surface area contributed by atoms with Gasteiger partial charge >= 0.3 is 0 Å². The lowest BCUT2D eigenvalue weighted by atomic mass is 9.41. The van der Waals surface area contributed by atoms with Gasteiger partial charge in [-0.25, -0.2) is 0 Å². The zero-order chi connectivity index (χ0) is 41.0. The quantitative estimate of drug-likeness (QED) is 0.260. The third kappa shape index (κ3) is 7.97. The molecule has 342 valence electrons. The van der Waals surface area contributed by atoms with Crippen LogP contribution in [0.3, 0.4) is 0 Å². The molecule has 10 fully saturated rings. The molecule has 2 aromatic heterocycles. The van der Waals surface area contributed by atoms with Crippen molar-refractivity contribution in [2.45, 2.75) is 267 Å². The minimum atomic E-state index is 0.883. The van der Waals surface area contributed by atoms with Crippen LogP contribution in [0.15, 0.2) is 12.1 Å². The molecule has 62 heavy (non-hydrogen) atoms. The van der Waals surface area contributed by atoms with E-state index >= 15 is 0 Å². The normalized spacial score (nSPS) is 40.6. The van der Waals surface area contributed by atoms with Crippen LogP contribution in [0.25, 0.3) is 0 Å². The minimum Gasteiger partial charge on any atom is -0.145 e. The molecule has 0 aromatic carbocycles. The van der Waals surface area contributed by atoms with Gasteiger partial charge in [-0.3, -0.25) is 0 Å². The molecule has 12 rings (SSSR count). The van der Waals surface area contributed by atoms with E-state index in [-0.39, 0.29) is 0 Å². The molecular weight excluding hydrogens is 785 g/mol. The highest BCUT2D eigenvalue weighted by Gasteiger charge is 2.61. The predicted molar refractivity (Wildman–Crippen MR) is 266 cm³/mol. The Morgan fingerprint density at radius 1 is 0.258 bits per heavy atom. The first-order chi connectivity index (χ1) is 30.8. The van der Waals surface area contributed by atoms with Gasteiger partial charge in [-0.1, -0.05) is 128 Å². The summed E-state index contributed by atoms with van der Waals surface area (Å²) in [6, 6.07) is 6.02. The molecular formula is C60H90S2. The fourth-order valence-corrected chi connectivity index (χ4v) is 23.1. The summed E-state index contributed by atoms with van der Waals surface area (Å²) in [4.78, 5) is 7.84. The van der Waals surface area contributed by atoms with Crippen molar-refractivity contribution < 1.29 is 0 Å². The summed E-state index contributed by atoms with van der Waals surface area (Å²) in [6.45, 7) is 0. The SMILES string of the molecule is c1c(C2C3CCCCC3C(C3C4CCCCC4C(c4cc(C5CCCCC5)c(C5CCCCC5)s4)C4CCCCC43)C3CCCCC32)sc(C2CCCCC2)c1C1CCCCC1. The first-order valence-corrected chi connectivity index (χ1v) is 30.7. The molecule has 10 aliphatic rings. The molecule has 8 unspecified atom stereocenters. The Kier molecular flexibility index (Phi) is 13.2. The highest BCUT2D eigenvalue weighted by Crippen LogP contribution is 2.69. The van der Waals surface area contributed by atoms with Gasteiger partial charge in [-0.15, -0.1) is 22.7 Å². The largest absolute Gasteiger partial charge is 0.145 e. The minimum absolute atomic E-state index is 0.883. The first-order valence-electron chi connectivity index (χ1n) is 29.1.